The Balaban J connectivity index is 1.74. The number of hydrogen-bond acceptors (Lipinski definition) is 3. The number of aryl methyl sites for hydroxylation is 3. The number of nitrogens with zero attached hydrogens (tertiary/aromatic N) is 4. The molecule has 2 aromatic heterocycles. The van der Waals surface area contributed by atoms with Crippen molar-refractivity contribution in [3.8, 4) is 0 Å². The molecule has 0 aliphatic heterocycles. The number of carbonyl (C=O) groups excluding carboxylic acids is 1. The molecular weight excluding hydrogens is 358 g/mol. The minimum atomic E-state index is -0.0912. The monoisotopic (exact) mass is 379 g/mol. The minimum Gasteiger partial charge on any atom is -0.352 e. The lowest BCUT2D eigenvalue weighted by atomic mass is 10.2. The number of amides is 1. The summed E-state index contributed by atoms with van der Waals surface area (Å²) in [7, 11) is 0. The second kappa shape index (κ2) is 8.10. The van der Waals surface area contributed by atoms with Crippen LogP contribution in [0.2, 0.25) is 0 Å². The Bertz CT molecular complexity index is 682. The smallest absolute Gasteiger partial charge is 0.244 e. The molecule has 0 saturated heterocycles. The van der Waals surface area contributed by atoms with E-state index in [-0.39, 0.29) is 5.91 Å². The summed E-state index contributed by atoms with van der Waals surface area (Å²) in [5.41, 5.74) is 3.01. The van der Waals surface area contributed by atoms with Crippen molar-refractivity contribution in [2.45, 2.75) is 40.3 Å². The highest BCUT2D eigenvalue weighted by Gasteiger charge is 2.03. The maximum absolute atomic E-state index is 11.8. The molecule has 0 fully saturated rings. The molecule has 0 aliphatic rings. The molecule has 0 radical (unpaired) electrons. The third-order valence-corrected chi connectivity index (χ3v) is 4.38. The summed E-state index contributed by atoms with van der Waals surface area (Å²) >= 11 is 3.43. The summed E-state index contributed by atoms with van der Waals surface area (Å²) in [6.07, 6.45) is 7.92. The van der Waals surface area contributed by atoms with Crippen LogP contribution in [0, 0.1) is 13.8 Å². The maximum atomic E-state index is 11.8. The largest absolute Gasteiger partial charge is 0.352 e. The van der Waals surface area contributed by atoms with Gasteiger partial charge in [-0.15, -0.1) is 0 Å². The lowest BCUT2D eigenvalue weighted by molar-refractivity contribution is -0.116. The van der Waals surface area contributed by atoms with Crippen molar-refractivity contribution < 1.29 is 4.79 Å². The highest BCUT2D eigenvalue weighted by Crippen LogP contribution is 2.13. The van der Waals surface area contributed by atoms with Gasteiger partial charge in [0.1, 0.15) is 0 Å². The van der Waals surface area contributed by atoms with Gasteiger partial charge in [-0.05, 0) is 49.2 Å². The van der Waals surface area contributed by atoms with E-state index in [9.17, 15) is 4.79 Å². The summed E-state index contributed by atoms with van der Waals surface area (Å²) in [6, 6.07) is 0. The number of carbonyl (C=O) groups is 1. The Morgan fingerprint density at radius 2 is 2.22 bits per heavy atom. The fraction of sp³-hybridized carbons (Fsp3) is 0.438. The molecule has 1 N–H and O–H groups in total. The van der Waals surface area contributed by atoms with Crippen LogP contribution in [-0.2, 0) is 17.9 Å². The first-order valence-corrected chi connectivity index (χ1v) is 8.48. The Hall–Kier alpha value is -1.89. The van der Waals surface area contributed by atoms with Crippen molar-refractivity contribution in [2.75, 3.05) is 6.54 Å². The van der Waals surface area contributed by atoms with Gasteiger partial charge in [0.15, 0.2) is 0 Å². The van der Waals surface area contributed by atoms with Crippen LogP contribution in [0.5, 0.6) is 0 Å². The lowest BCUT2D eigenvalue weighted by Crippen LogP contribution is -2.23. The summed E-state index contributed by atoms with van der Waals surface area (Å²) in [5.74, 6) is -0.0912. The number of halogens is 1. The molecule has 2 aromatic rings. The molecule has 0 spiro atoms. The van der Waals surface area contributed by atoms with Crippen molar-refractivity contribution in [2.24, 2.45) is 0 Å². The zero-order valence-electron chi connectivity index (χ0n) is 13.7. The second-order valence-corrected chi connectivity index (χ2v) is 6.16. The molecular formula is C16H22BrN5O. The van der Waals surface area contributed by atoms with Gasteiger partial charge in [-0.1, -0.05) is 0 Å². The molecule has 0 saturated carbocycles. The van der Waals surface area contributed by atoms with Crippen LogP contribution in [0.4, 0.5) is 0 Å². The highest BCUT2D eigenvalue weighted by molar-refractivity contribution is 9.10. The van der Waals surface area contributed by atoms with Gasteiger partial charge in [0.05, 0.1) is 16.4 Å². The fourth-order valence-electron chi connectivity index (χ4n) is 2.23. The van der Waals surface area contributed by atoms with Crippen LogP contribution in [0.15, 0.2) is 22.9 Å². The first-order valence-electron chi connectivity index (χ1n) is 7.69. The Morgan fingerprint density at radius 3 is 2.83 bits per heavy atom. The van der Waals surface area contributed by atoms with E-state index in [0.29, 0.717) is 6.54 Å². The summed E-state index contributed by atoms with van der Waals surface area (Å²) in [6.45, 7) is 8.22. The van der Waals surface area contributed by atoms with Crippen LogP contribution >= 0.6 is 15.9 Å². The fourth-order valence-corrected chi connectivity index (χ4v) is 2.54. The predicted octanol–water partition coefficient (Wildman–Crippen LogP) is 2.70. The van der Waals surface area contributed by atoms with E-state index >= 15 is 0 Å². The molecule has 1 amide bonds. The molecule has 2 heterocycles. The summed E-state index contributed by atoms with van der Waals surface area (Å²) < 4.78 is 4.79. The normalized spacial score (nSPS) is 11.3. The van der Waals surface area contributed by atoms with Crippen LogP contribution in [-0.4, -0.2) is 32.0 Å². The third kappa shape index (κ3) is 4.79. The highest BCUT2D eigenvalue weighted by atomic mass is 79.9. The van der Waals surface area contributed by atoms with Crippen LogP contribution in [0.25, 0.3) is 6.08 Å². The zero-order chi connectivity index (χ0) is 16.8. The van der Waals surface area contributed by atoms with Gasteiger partial charge in [-0.2, -0.15) is 10.2 Å². The van der Waals surface area contributed by atoms with E-state index < -0.39 is 0 Å². The minimum absolute atomic E-state index is 0.0912. The molecule has 0 unspecified atom stereocenters. The van der Waals surface area contributed by atoms with Gasteiger partial charge in [0.2, 0.25) is 5.91 Å². The van der Waals surface area contributed by atoms with E-state index in [2.05, 4.69) is 31.4 Å². The second-order valence-electron chi connectivity index (χ2n) is 5.30. The van der Waals surface area contributed by atoms with E-state index in [1.807, 2.05) is 36.3 Å². The lowest BCUT2D eigenvalue weighted by Gasteiger charge is -2.03. The topological polar surface area (TPSA) is 64.7 Å². The molecule has 2 rings (SSSR count). The van der Waals surface area contributed by atoms with E-state index in [1.165, 1.54) is 0 Å². The van der Waals surface area contributed by atoms with Crippen LogP contribution in [0.1, 0.15) is 30.3 Å². The molecule has 0 atom stereocenters. The van der Waals surface area contributed by atoms with Crippen molar-refractivity contribution in [1.29, 1.82) is 0 Å². The van der Waals surface area contributed by atoms with Gasteiger partial charge in [-0.25, -0.2) is 0 Å². The van der Waals surface area contributed by atoms with Crippen molar-refractivity contribution in [3.05, 3.63) is 39.9 Å². The van der Waals surface area contributed by atoms with Crippen molar-refractivity contribution in [1.82, 2.24) is 24.9 Å². The average Bonchev–Trinajstić information content (AvgIpc) is 3.04. The summed E-state index contributed by atoms with van der Waals surface area (Å²) in [4.78, 5) is 11.8. The first-order chi connectivity index (χ1) is 11.0. The average molecular weight is 380 g/mol. The Kier molecular flexibility index (Phi) is 6.15. The van der Waals surface area contributed by atoms with Crippen molar-refractivity contribution in [3.63, 3.8) is 0 Å². The van der Waals surface area contributed by atoms with Gasteiger partial charge in [0.25, 0.3) is 0 Å². The van der Waals surface area contributed by atoms with Crippen LogP contribution < -0.4 is 5.32 Å². The van der Waals surface area contributed by atoms with Crippen molar-refractivity contribution >= 4 is 27.9 Å². The van der Waals surface area contributed by atoms with Gasteiger partial charge >= 0.3 is 0 Å². The maximum Gasteiger partial charge on any atom is 0.244 e. The molecule has 23 heavy (non-hydrogen) atoms. The zero-order valence-corrected chi connectivity index (χ0v) is 15.3. The molecule has 0 bridgehead atoms. The molecule has 7 heteroatoms. The van der Waals surface area contributed by atoms with E-state index in [0.717, 1.165) is 40.9 Å². The number of nitrogens with one attached hydrogen (secondary N) is 1. The quantitative estimate of drug-likeness (QED) is 0.593. The molecule has 6 nitrogen and oxygen atoms in total. The molecule has 0 aromatic carbocycles. The first kappa shape index (κ1) is 17.5. The van der Waals surface area contributed by atoms with Gasteiger partial charge in [0, 0.05) is 43.2 Å². The Labute approximate surface area is 144 Å². The SMILES string of the molecule is CCn1ncc(/C=C/C(=O)NCCCn2cc(Br)c(C)n2)c1C. The predicted molar refractivity (Wildman–Crippen MR) is 94.0 cm³/mol. The standard InChI is InChI=1S/C16H22BrN5O/c1-4-22-13(3)14(10-19-22)6-7-16(23)18-8-5-9-21-11-15(17)12(2)20-21/h6-7,10-11H,4-5,8-9H2,1-3H3,(H,18,23)/b7-6+. The molecule has 124 valence electrons. The van der Waals surface area contributed by atoms with E-state index in [4.69, 9.17) is 0 Å². The number of aromatic nitrogens is 4. The third-order valence-electron chi connectivity index (χ3n) is 3.60. The number of rotatable bonds is 7. The van der Waals surface area contributed by atoms with Crippen LogP contribution in [0.3, 0.4) is 0 Å². The molecule has 0 aliphatic carbocycles. The Morgan fingerprint density at radius 1 is 1.43 bits per heavy atom. The van der Waals surface area contributed by atoms with Gasteiger partial charge < -0.3 is 5.32 Å². The number of hydrogen-bond donors (Lipinski definition) is 1. The van der Waals surface area contributed by atoms with E-state index in [1.54, 1.807) is 18.3 Å². The summed E-state index contributed by atoms with van der Waals surface area (Å²) in [5, 5.41) is 11.5. The van der Waals surface area contributed by atoms with Gasteiger partial charge in [-0.3, -0.25) is 14.2 Å².